The summed E-state index contributed by atoms with van der Waals surface area (Å²) in [5.41, 5.74) is -1.75. The van der Waals surface area contributed by atoms with Crippen LogP contribution in [-0.2, 0) is 9.47 Å². The van der Waals surface area contributed by atoms with Crippen LogP contribution in [0.15, 0.2) is 0 Å². The number of fused-ring (bicyclic) bond motifs is 3. The van der Waals surface area contributed by atoms with Crippen LogP contribution in [0.3, 0.4) is 0 Å². The van der Waals surface area contributed by atoms with Crippen molar-refractivity contribution in [1.29, 1.82) is 0 Å². The van der Waals surface area contributed by atoms with Gasteiger partial charge >= 0.3 is 0 Å². The Morgan fingerprint density at radius 1 is 1.54 bits per heavy atom. The Morgan fingerprint density at radius 2 is 2.23 bits per heavy atom. The molecule has 2 aliphatic heterocycles. The van der Waals surface area contributed by atoms with Gasteiger partial charge in [0.15, 0.2) is 17.8 Å². The van der Waals surface area contributed by atoms with E-state index in [9.17, 15) is 10.2 Å². The van der Waals surface area contributed by atoms with E-state index in [-0.39, 0.29) is 18.3 Å². The van der Waals surface area contributed by atoms with Crippen molar-refractivity contribution in [3.63, 3.8) is 0 Å². The highest BCUT2D eigenvalue weighted by molar-refractivity contribution is 5.31. The van der Waals surface area contributed by atoms with Gasteiger partial charge in [-0.2, -0.15) is 0 Å². The summed E-state index contributed by atoms with van der Waals surface area (Å²) in [5.74, 6) is 0. The standard InChI is InChI=1S/C8H13NO4/c1-3(10)7(11)4-5(12-4)8(9-2)6(7)13-8/h3-6,10-11H,2,9H2,1H3. The van der Waals surface area contributed by atoms with Gasteiger partial charge in [-0.3, -0.25) is 0 Å². The molecule has 13 heavy (non-hydrogen) atoms. The van der Waals surface area contributed by atoms with Crippen LogP contribution in [-0.4, -0.2) is 46.0 Å². The third-order valence-corrected chi connectivity index (χ3v) is 3.47. The van der Waals surface area contributed by atoms with Crippen molar-refractivity contribution in [2.45, 2.75) is 42.7 Å². The fourth-order valence-corrected chi connectivity index (χ4v) is 2.53. The number of epoxide rings is 2. The highest BCUT2D eigenvalue weighted by Gasteiger charge is 2.91. The topological polar surface area (TPSA) is 82.1 Å². The first-order valence-electron chi connectivity index (χ1n) is 4.44. The highest BCUT2D eigenvalue weighted by atomic mass is 16.7. The molecule has 5 heteroatoms. The Hall–Kier alpha value is -0.200. The lowest BCUT2D eigenvalue weighted by molar-refractivity contribution is -0.671. The van der Waals surface area contributed by atoms with Crippen molar-refractivity contribution in [3.8, 4) is 0 Å². The van der Waals surface area contributed by atoms with Crippen LogP contribution in [0.2, 0.25) is 0 Å². The molecule has 0 bridgehead atoms. The molecule has 3 fully saturated rings. The Bertz CT molecular complexity index is 271. The second-order valence-corrected chi connectivity index (χ2v) is 4.10. The number of nitrogens with two attached hydrogens (primary N) is 1. The summed E-state index contributed by atoms with van der Waals surface area (Å²) >= 11 is 0. The largest absolute Gasteiger partial charge is 0.446 e. The Kier molecular flexibility index (Phi) is 1.20. The fourth-order valence-electron chi connectivity index (χ4n) is 2.53. The van der Waals surface area contributed by atoms with Crippen molar-refractivity contribution in [2.75, 3.05) is 0 Å². The number of ether oxygens (including phenoxy) is 2. The monoisotopic (exact) mass is 187 g/mol. The lowest BCUT2D eigenvalue weighted by Crippen LogP contribution is -2.89. The predicted octanol–water partition coefficient (Wildman–Crippen LogP) is -2.67. The zero-order chi connectivity index (χ0) is 9.43. The number of hydrogen-bond donors (Lipinski definition) is 3. The van der Waals surface area contributed by atoms with Gasteiger partial charge in [0, 0.05) is 0 Å². The molecule has 74 valence electrons. The molecule has 3 rings (SSSR count). The minimum Gasteiger partial charge on any atom is -0.446 e. The summed E-state index contributed by atoms with van der Waals surface area (Å²) in [6.45, 7) is 1.56. The van der Waals surface area contributed by atoms with Crippen LogP contribution in [0.25, 0.3) is 0 Å². The molecule has 6 atom stereocenters. The average Bonchev–Trinajstić information content (AvgIpc) is 2.95. The number of aliphatic hydroxyl groups excluding tert-OH is 1. The zero-order valence-electron chi connectivity index (χ0n) is 7.30. The molecule has 0 radical (unpaired) electrons. The van der Waals surface area contributed by atoms with Crippen LogP contribution >= 0.6 is 0 Å². The van der Waals surface area contributed by atoms with E-state index < -0.39 is 17.4 Å². The van der Waals surface area contributed by atoms with E-state index in [1.54, 1.807) is 12.2 Å². The van der Waals surface area contributed by atoms with Gasteiger partial charge in [-0.05, 0) is 6.92 Å². The highest BCUT2D eigenvalue weighted by Crippen LogP contribution is 2.62. The number of quaternary nitrogens is 1. The van der Waals surface area contributed by atoms with Gasteiger partial charge in [0.1, 0.15) is 6.10 Å². The van der Waals surface area contributed by atoms with Crippen LogP contribution < -0.4 is 5.32 Å². The minimum absolute atomic E-state index is 0.102. The summed E-state index contributed by atoms with van der Waals surface area (Å²) < 4.78 is 10.6. The molecule has 2 heterocycles. The molecule has 1 aliphatic carbocycles. The molecule has 3 aliphatic rings. The van der Waals surface area contributed by atoms with Crippen molar-refractivity contribution in [3.05, 3.63) is 7.05 Å². The zero-order valence-corrected chi connectivity index (χ0v) is 7.30. The summed E-state index contributed by atoms with van der Waals surface area (Å²) in [6, 6.07) is 0. The molecular formula is C8H13NO4. The van der Waals surface area contributed by atoms with Gasteiger partial charge in [0.25, 0.3) is 0 Å². The Morgan fingerprint density at radius 3 is 2.62 bits per heavy atom. The van der Waals surface area contributed by atoms with Gasteiger partial charge in [-0.25, -0.2) is 0 Å². The minimum atomic E-state index is -1.24. The first-order valence-corrected chi connectivity index (χ1v) is 4.44. The third-order valence-electron chi connectivity index (χ3n) is 3.47. The number of rotatable bonds is 2. The maximum absolute atomic E-state index is 10.1. The van der Waals surface area contributed by atoms with E-state index in [0.29, 0.717) is 0 Å². The van der Waals surface area contributed by atoms with Crippen molar-refractivity contribution >= 4 is 0 Å². The number of aliphatic hydroxyl groups is 2. The maximum Gasteiger partial charge on any atom is 0.236 e. The first-order chi connectivity index (χ1) is 6.07. The molecule has 0 amide bonds. The van der Waals surface area contributed by atoms with E-state index >= 15 is 0 Å². The van der Waals surface area contributed by atoms with Gasteiger partial charge in [0.2, 0.25) is 5.72 Å². The Balaban J connectivity index is 1.95. The quantitative estimate of drug-likeness (QED) is 0.325. The molecule has 4 N–H and O–H groups in total. The third kappa shape index (κ3) is 0.649. The van der Waals surface area contributed by atoms with Crippen molar-refractivity contribution in [2.24, 2.45) is 0 Å². The summed E-state index contributed by atoms with van der Waals surface area (Å²) in [4.78, 5) is 0. The van der Waals surface area contributed by atoms with Crippen LogP contribution in [0, 0.1) is 7.05 Å². The summed E-state index contributed by atoms with van der Waals surface area (Å²) in [7, 11) is 3.66. The first kappa shape index (κ1) is 8.14. The average molecular weight is 187 g/mol. The van der Waals surface area contributed by atoms with Crippen LogP contribution in [0.4, 0.5) is 0 Å². The second-order valence-electron chi connectivity index (χ2n) is 4.10. The summed E-state index contributed by atoms with van der Waals surface area (Å²) in [5, 5.41) is 21.3. The van der Waals surface area contributed by atoms with E-state index in [4.69, 9.17) is 9.47 Å². The molecule has 6 unspecified atom stereocenters. The van der Waals surface area contributed by atoms with E-state index in [0.717, 1.165) is 0 Å². The molecule has 0 spiro atoms. The lowest BCUT2D eigenvalue weighted by Gasteiger charge is -2.25. The van der Waals surface area contributed by atoms with E-state index in [1.165, 1.54) is 0 Å². The van der Waals surface area contributed by atoms with Gasteiger partial charge in [-0.15, -0.1) is 7.05 Å². The Labute approximate surface area is 75.6 Å². The maximum atomic E-state index is 10.1. The normalized spacial score (nSPS) is 64.2. The van der Waals surface area contributed by atoms with Gasteiger partial charge in [-0.1, -0.05) is 0 Å². The smallest absolute Gasteiger partial charge is 0.236 e. The molecule has 0 aromatic heterocycles. The van der Waals surface area contributed by atoms with E-state index in [1.807, 2.05) is 0 Å². The number of hydrogen-bond acceptors (Lipinski definition) is 4. The fraction of sp³-hybridized carbons (Fsp3) is 0.875. The SMILES string of the molecule is [CH2-][NH2+]C12OC1C(O)(C(C)O)C1OC12. The molecule has 0 aromatic rings. The molecule has 2 saturated heterocycles. The van der Waals surface area contributed by atoms with Gasteiger partial charge in [0.05, 0.1) is 6.10 Å². The van der Waals surface area contributed by atoms with Crippen molar-refractivity contribution in [1.82, 2.24) is 0 Å². The second kappa shape index (κ2) is 1.92. The van der Waals surface area contributed by atoms with Crippen molar-refractivity contribution < 1.29 is 25.0 Å². The summed E-state index contributed by atoms with van der Waals surface area (Å²) in [6.07, 6.45) is -1.54. The molecular weight excluding hydrogens is 174 g/mol. The lowest BCUT2D eigenvalue weighted by atomic mass is 9.94. The molecule has 1 saturated carbocycles. The molecule has 0 aromatic carbocycles. The molecule has 5 nitrogen and oxygen atoms in total. The van der Waals surface area contributed by atoms with Gasteiger partial charge < -0.3 is 25.0 Å². The predicted molar refractivity (Wildman–Crippen MR) is 40.2 cm³/mol. The van der Waals surface area contributed by atoms with E-state index in [2.05, 4.69) is 7.05 Å². The van der Waals surface area contributed by atoms with Crippen LogP contribution in [0.5, 0.6) is 0 Å². The van der Waals surface area contributed by atoms with Crippen LogP contribution in [0.1, 0.15) is 6.92 Å².